The van der Waals surface area contributed by atoms with Gasteiger partial charge in [-0.1, -0.05) is 13.8 Å². The third kappa shape index (κ3) is 4.71. The Morgan fingerprint density at radius 1 is 1.16 bits per heavy atom. The largest absolute Gasteiger partial charge is 0.492 e. The van der Waals surface area contributed by atoms with E-state index < -0.39 is 10.0 Å². The zero-order chi connectivity index (χ0) is 18.4. The average molecular weight is 369 g/mol. The molecule has 1 aromatic carbocycles. The molecule has 140 valence electrons. The Balaban J connectivity index is 2.28. The van der Waals surface area contributed by atoms with Gasteiger partial charge in [0.2, 0.25) is 10.0 Å². The lowest BCUT2D eigenvalue weighted by molar-refractivity contribution is 0.0643. The van der Waals surface area contributed by atoms with E-state index in [1.165, 1.54) is 6.07 Å². The molecule has 0 atom stereocenters. The van der Waals surface area contributed by atoms with Crippen LogP contribution in [0.25, 0.3) is 0 Å². The Hall–Kier alpha value is -1.64. The Morgan fingerprint density at radius 2 is 1.84 bits per heavy atom. The standard InChI is InChI=1S/C17H27N3O4S/c1-4-18-25(22,23)16-13-14(7-8-15(16)24-6-3)17(21)20-11-9-19(5-2)10-12-20/h7-8,13,18H,4-6,9-12H2,1-3H3. The molecule has 1 N–H and O–H groups in total. The zero-order valence-electron chi connectivity index (χ0n) is 15.1. The summed E-state index contributed by atoms with van der Waals surface area (Å²) in [7, 11) is -3.72. The fraction of sp³-hybridized carbons (Fsp3) is 0.588. The van der Waals surface area contributed by atoms with E-state index >= 15 is 0 Å². The van der Waals surface area contributed by atoms with E-state index in [-0.39, 0.29) is 23.1 Å². The Labute approximate surface area is 150 Å². The second-order valence-electron chi connectivity index (χ2n) is 5.82. The van der Waals surface area contributed by atoms with E-state index in [0.717, 1.165) is 19.6 Å². The second-order valence-corrected chi connectivity index (χ2v) is 7.56. The minimum atomic E-state index is -3.72. The molecular formula is C17H27N3O4S. The molecule has 1 heterocycles. The van der Waals surface area contributed by atoms with Crippen LogP contribution in [0.2, 0.25) is 0 Å². The van der Waals surface area contributed by atoms with Crippen molar-refractivity contribution in [2.24, 2.45) is 0 Å². The molecule has 1 amide bonds. The first-order chi connectivity index (χ1) is 11.9. The van der Waals surface area contributed by atoms with Crippen LogP contribution in [0.4, 0.5) is 0 Å². The number of piperazine rings is 1. The lowest BCUT2D eigenvalue weighted by atomic mass is 10.1. The molecule has 1 saturated heterocycles. The number of hydrogen-bond acceptors (Lipinski definition) is 5. The number of likely N-dealkylation sites (N-methyl/N-ethyl adjacent to an activating group) is 1. The van der Waals surface area contributed by atoms with Crippen LogP contribution in [0.1, 0.15) is 31.1 Å². The van der Waals surface area contributed by atoms with Crippen LogP contribution in [-0.2, 0) is 10.0 Å². The maximum atomic E-state index is 12.8. The highest BCUT2D eigenvalue weighted by atomic mass is 32.2. The summed E-state index contributed by atoms with van der Waals surface area (Å²) in [6, 6.07) is 4.60. The van der Waals surface area contributed by atoms with Gasteiger partial charge in [0.1, 0.15) is 10.6 Å². The summed E-state index contributed by atoms with van der Waals surface area (Å²) in [6.07, 6.45) is 0. The summed E-state index contributed by atoms with van der Waals surface area (Å²) in [4.78, 5) is 16.8. The second kappa shape index (κ2) is 8.64. The number of sulfonamides is 1. The van der Waals surface area contributed by atoms with Crippen LogP contribution < -0.4 is 9.46 Å². The number of nitrogens with zero attached hydrogens (tertiary/aromatic N) is 2. The van der Waals surface area contributed by atoms with E-state index in [2.05, 4.69) is 16.5 Å². The van der Waals surface area contributed by atoms with E-state index in [9.17, 15) is 13.2 Å². The van der Waals surface area contributed by atoms with Crippen LogP contribution >= 0.6 is 0 Å². The highest BCUT2D eigenvalue weighted by molar-refractivity contribution is 7.89. The molecule has 2 rings (SSSR count). The third-order valence-corrected chi connectivity index (χ3v) is 5.79. The van der Waals surface area contributed by atoms with Gasteiger partial charge in [0.05, 0.1) is 6.61 Å². The molecule has 1 aliphatic heterocycles. The molecule has 0 aliphatic carbocycles. The quantitative estimate of drug-likeness (QED) is 0.780. The van der Waals surface area contributed by atoms with Crippen LogP contribution in [0, 0.1) is 0 Å². The smallest absolute Gasteiger partial charge is 0.253 e. The molecule has 0 radical (unpaired) electrons. The van der Waals surface area contributed by atoms with Gasteiger partial charge in [-0.3, -0.25) is 4.79 Å². The van der Waals surface area contributed by atoms with Gasteiger partial charge < -0.3 is 14.5 Å². The molecule has 0 bridgehead atoms. The van der Waals surface area contributed by atoms with E-state index in [4.69, 9.17) is 4.74 Å². The maximum Gasteiger partial charge on any atom is 0.253 e. The summed E-state index contributed by atoms with van der Waals surface area (Å²) < 4.78 is 32.8. The van der Waals surface area contributed by atoms with Gasteiger partial charge in [-0.2, -0.15) is 0 Å². The topological polar surface area (TPSA) is 79.0 Å². The fourth-order valence-electron chi connectivity index (χ4n) is 2.84. The van der Waals surface area contributed by atoms with E-state index in [1.807, 2.05) is 0 Å². The molecular weight excluding hydrogens is 342 g/mol. The van der Waals surface area contributed by atoms with Crippen molar-refractivity contribution in [3.05, 3.63) is 23.8 Å². The number of rotatable bonds is 7. The highest BCUT2D eigenvalue weighted by Crippen LogP contribution is 2.26. The number of carbonyl (C=O) groups excluding carboxylic acids is 1. The van der Waals surface area contributed by atoms with Crippen LogP contribution in [0.5, 0.6) is 5.75 Å². The summed E-state index contributed by atoms with van der Waals surface area (Å²) >= 11 is 0. The SMILES string of the molecule is CCNS(=O)(=O)c1cc(C(=O)N2CCN(CC)CC2)ccc1OCC. The van der Waals surface area contributed by atoms with Crippen molar-refractivity contribution < 1.29 is 17.9 Å². The van der Waals surface area contributed by atoms with E-state index in [0.29, 0.717) is 25.3 Å². The molecule has 1 aromatic rings. The number of amides is 1. The normalized spacial score (nSPS) is 16.0. The summed E-state index contributed by atoms with van der Waals surface area (Å²) in [5, 5.41) is 0. The van der Waals surface area contributed by atoms with Crippen molar-refractivity contribution in [3.63, 3.8) is 0 Å². The first-order valence-electron chi connectivity index (χ1n) is 8.71. The van der Waals surface area contributed by atoms with Crippen LogP contribution in [0.3, 0.4) is 0 Å². The molecule has 0 unspecified atom stereocenters. The van der Waals surface area contributed by atoms with Gasteiger partial charge in [0.15, 0.2) is 0 Å². The lowest BCUT2D eigenvalue weighted by Gasteiger charge is -2.34. The van der Waals surface area contributed by atoms with E-state index in [1.54, 1.807) is 30.9 Å². The fourth-order valence-corrected chi connectivity index (χ4v) is 4.05. The van der Waals surface area contributed by atoms with Gasteiger partial charge >= 0.3 is 0 Å². The van der Waals surface area contributed by atoms with Gasteiger partial charge in [0.25, 0.3) is 5.91 Å². The molecule has 0 spiro atoms. The minimum absolute atomic E-state index is 0.00856. The van der Waals surface area contributed by atoms with Gasteiger partial charge in [-0.15, -0.1) is 0 Å². The van der Waals surface area contributed by atoms with Crippen molar-refractivity contribution in [1.29, 1.82) is 0 Å². The molecule has 0 aromatic heterocycles. The highest BCUT2D eigenvalue weighted by Gasteiger charge is 2.25. The van der Waals surface area contributed by atoms with Gasteiger partial charge in [-0.05, 0) is 31.7 Å². The monoisotopic (exact) mass is 369 g/mol. The number of hydrogen-bond donors (Lipinski definition) is 1. The lowest BCUT2D eigenvalue weighted by Crippen LogP contribution is -2.48. The summed E-state index contributed by atoms with van der Waals surface area (Å²) in [5.41, 5.74) is 0.366. The molecule has 8 heteroatoms. The molecule has 25 heavy (non-hydrogen) atoms. The maximum absolute atomic E-state index is 12.8. The Bertz CT molecular complexity index is 698. The molecule has 1 fully saturated rings. The van der Waals surface area contributed by atoms with Crippen LogP contribution in [0.15, 0.2) is 23.1 Å². The Morgan fingerprint density at radius 3 is 2.40 bits per heavy atom. The van der Waals surface area contributed by atoms with Gasteiger partial charge in [0, 0.05) is 38.3 Å². The zero-order valence-corrected chi connectivity index (χ0v) is 15.9. The third-order valence-electron chi connectivity index (χ3n) is 4.22. The first kappa shape index (κ1) is 19.7. The summed E-state index contributed by atoms with van der Waals surface area (Å²) in [6.45, 7) is 10.1. The predicted molar refractivity (Wildman–Crippen MR) is 96.5 cm³/mol. The number of carbonyl (C=O) groups is 1. The van der Waals surface area contributed by atoms with Crippen LogP contribution in [-0.4, -0.2) is 70.0 Å². The number of benzene rings is 1. The van der Waals surface area contributed by atoms with Crippen molar-refractivity contribution >= 4 is 15.9 Å². The average Bonchev–Trinajstić information content (AvgIpc) is 2.61. The summed E-state index contributed by atoms with van der Waals surface area (Å²) in [5.74, 6) is 0.113. The minimum Gasteiger partial charge on any atom is -0.492 e. The number of ether oxygens (including phenoxy) is 1. The van der Waals surface area contributed by atoms with Gasteiger partial charge in [-0.25, -0.2) is 13.1 Å². The van der Waals surface area contributed by atoms with Crippen molar-refractivity contribution in [3.8, 4) is 5.75 Å². The number of nitrogens with one attached hydrogen (secondary N) is 1. The molecule has 7 nitrogen and oxygen atoms in total. The molecule has 1 aliphatic rings. The van der Waals surface area contributed by atoms with Crippen molar-refractivity contribution in [2.45, 2.75) is 25.7 Å². The first-order valence-corrected chi connectivity index (χ1v) is 10.2. The van der Waals surface area contributed by atoms with Crippen molar-refractivity contribution in [2.75, 3.05) is 45.9 Å². The predicted octanol–water partition coefficient (Wildman–Crippen LogP) is 1.16. The van der Waals surface area contributed by atoms with Crippen molar-refractivity contribution in [1.82, 2.24) is 14.5 Å². The Kier molecular flexibility index (Phi) is 6.80. The molecule has 0 saturated carbocycles.